The minimum Gasteiger partial charge on any atom is -0.339 e. The zero-order chi connectivity index (χ0) is 26.4. The molecule has 4 aliphatic rings. The van der Waals surface area contributed by atoms with Crippen LogP contribution < -0.4 is 5.32 Å². The van der Waals surface area contributed by atoms with E-state index in [0.29, 0.717) is 28.9 Å². The molecule has 2 aliphatic heterocycles. The van der Waals surface area contributed by atoms with E-state index in [1.54, 1.807) is 0 Å². The quantitative estimate of drug-likeness (QED) is 0.362. The highest BCUT2D eigenvalue weighted by atomic mass is 35.5. The topological polar surface area (TPSA) is 45.2 Å². The van der Waals surface area contributed by atoms with Crippen molar-refractivity contribution in [1.29, 1.82) is 0 Å². The van der Waals surface area contributed by atoms with Crippen LogP contribution in [0.2, 0.25) is 5.15 Å². The van der Waals surface area contributed by atoms with E-state index in [4.69, 9.17) is 16.6 Å². The fourth-order valence-electron chi connectivity index (χ4n) is 8.78. The third kappa shape index (κ3) is 4.48. The molecule has 39 heavy (non-hydrogen) atoms. The van der Waals surface area contributed by atoms with Crippen molar-refractivity contribution in [3.8, 4) is 0 Å². The summed E-state index contributed by atoms with van der Waals surface area (Å²) in [6.45, 7) is 2.49. The summed E-state index contributed by atoms with van der Waals surface area (Å²) in [7, 11) is 0. The molecule has 2 aliphatic carbocycles. The maximum atomic E-state index is 14.7. The van der Waals surface area contributed by atoms with Crippen molar-refractivity contribution in [2.75, 3.05) is 19.6 Å². The van der Waals surface area contributed by atoms with Crippen molar-refractivity contribution in [1.82, 2.24) is 15.2 Å². The second-order valence-corrected chi connectivity index (χ2v) is 13.0. The van der Waals surface area contributed by atoms with E-state index < -0.39 is 0 Å². The maximum Gasteiger partial charge on any atom is 0.228 e. The van der Waals surface area contributed by atoms with E-state index in [-0.39, 0.29) is 11.3 Å². The Labute approximate surface area is 237 Å². The third-order valence-corrected chi connectivity index (χ3v) is 10.9. The average Bonchev–Trinajstić information content (AvgIpc) is 3.40. The number of hydrogen-bond donors (Lipinski definition) is 1. The Hall–Kier alpha value is -2.43. The number of halogens is 1. The fourth-order valence-corrected chi connectivity index (χ4v) is 8.94. The second kappa shape index (κ2) is 10.5. The molecule has 4 atom stereocenters. The molecule has 1 aromatic heterocycles. The van der Waals surface area contributed by atoms with Gasteiger partial charge >= 0.3 is 0 Å². The number of piperidine rings is 1. The van der Waals surface area contributed by atoms with Crippen LogP contribution in [0.3, 0.4) is 0 Å². The van der Waals surface area contributed by atoms with E-state index in [9.17, 15) is 4.79 Å². The van der Waals surface area contributed by atoms with Crippen molar-refractivity contribution in [2.24, 2.45) is 11.8 Å². The molecule has 5 heteroatoms. The van der Waals surface area contributed by atoms with Crippen molar-refractivity contribution in [3.63, 3.8) is 0 Å². The fraction of sp³-hybridized carbons (Fsp3) is 0.529. The first kappa shape index (κ1) is 25.5. The van der Waals surface area contributed by atoms with Gasteiger partial charge in [0.05, 0.1) is 5.92 Å². The van der Waals surface area contributed by atoms with E-state index in [1.807, 2.05) is 6.07 Å². The lowest BCUT2D eigenvalue weighted by Gasteiger charge is -2.48. The van der Waals surface area contributed by atoms with Gasteiger partial charge in [-0.15, -0.1) is 0 Å². The lowest BCUT2D eigenvalue weighted by Crippen LogP contribution is -2.55. The Bertz CT molecular complexity index is 1360. The lowest BCUT2D eigenvalue weighted by molar-refractivity contribution is -0.143. The van der Waals surface area contributed by atoms with Crippen LogP contribution in [0.25, 0.3) is 10.8 Å². The molecule has 1 spiro atoms. The summed E-state index contributed by atoms with van der Waals surface area (Å²) < 4.78 is 0. The molecule has 0 bridgehead atoms. The van der Waals surface area contributed by atoms with Gasteiger partial charge in [0, 0.05) is 36.8 Å². The van der Waals surface area contributed by atoms with Gasteiger partial charge in [-0.2, -0.15) is 0 Å². The third-order valence-electron chi connectivity index (χ3n) is 10.7. The maximum absolute atomic E-state index is 14.7. The Morgan fingerprint density at radius 3 is 2.72 bits per heavy atom. The number of nitrogens with one attached hydrogen (secondary N) is 1. The molecular formula is C34H40ClN3O. The predicted octanol–water partition coefficient (Wildman–Crippen LogP) is 7.04. The summed E-state index contributed by atoms with van der Waals surface area (Å²) in [5.41, 5.74) is 3.69. The first-order valence-corrected chi connectivity index (χ1v) is 15.7. The van der Waals surface area contributed by atoms with Gasteiger partial charge in [-0.3, -0.25) is 4.79 Å². The van der Waals surface area contributed by atoms with E-state index in [0.717, 1.165) is 57.4 Å². The van der Waals surface area contributed by atoms with Crippen LogP contribution in [0, 0.1) is 11.8 Å². The number of likely N-dealkylation sites (tertiary alicyclic amines) is 1. The molecule has 7 rings (SSSR count). The monoisotopic (exact) mass is 541 g/mol. The highest BCUT2D eigenvalue weighted by molar-refractivity contribution is 6.29. The molecule has 2 aromatic carbocycles. The van der Waals surface area contributed by atoms with Crippen molar-refractivity contribution >= 4 is 28.3 Å². The Morgan fingerprint density at radius 2 is 1.82 bits per heavy atom. The van der Waals surface area contributed by atoms with Crippen LogP contribution in [0.4, 0.5) is 0 Å². The van der Waals surface area contributed by atoms with Gasteiger partial charge in [0.15, 0.2) is 0 Å². The first-order valence-electron chi connectivity index (χ1n) is 15.3. The van der Waals surface area contributed by atoms with Crippen molar-refractivity contribution in [2.45, 2.75) is 81.6 Å². The number of aromatic nitrogens is 1. The Kier molecular flexibility index (Phi) is 6.89. The number of benzene rings is 2. The Morgan fingerprint density at radius 1 is 0.974 bits per heavy atom. The summed E-state index contributed by atoms with van der Waals surface area (Å²) in [6, 6.07) is 20.0. The summed E-state index contributed by atoms with van der Waals surface area (Å²) in [5, 5.41) is 6.92. The van der Waals surface area contributed by atoms with Gasteiger partial charge in [-0.25, -0.2) is 4.98 Å². The minimum absolute atomic E-state index is 0.0280. The molecule has 3 fully saturated rings. The van der Waals surface area contributed by atoms with Crippen molar-refractivity contribution < 1.29 is 4.79 Å². The molecule has 1 amide bonds. The largest absolute Gasteiger partial charge is 0.339 e. The standard InChI is InChI=1S/C34H40ClN3O/c35-32-16-15-28-30(37-32)14-7-18-34(28)22-36-21-29(34)33(39)38-19-17-25(20-31(38)24-9-2-1-3-10-24)27-13-6-11-23-8-4-5-12-26(23)27/h4-6,8,11-13,15-16,24-25,29,31,36H,1-3,7,9-10,14,17-22H2. The van der Waals surface area contributed by atoms with E-state index >= 15 is 0 Å². The predicted molar refractivity (Wildman–Crippen MR) is 158 cm³/mol. The van der Waals surface area contributed by atoms with Gasteiger partial charge in [-0.05, 0) is 84.7 Å². The van der Waals surface area contributed by atoms with Crippen LogP contribution >= 0.6 is 11.6 Å². The SMILES string of the molecule is O=C(C1CNCC12CCCc1nc(Cl)ccc12)N1CCC(c2cccc3ccccc23)CC1C1CCCCC1. The Balaban J connectivity index is 1.21. The van der Waals surface area contributed by atoms with E-state index in [1.165, 1.54) is 54.0 Å². The molecule has 4 nitrogen and oxygen atoms in total. The average molecular weight is 542 g/mol. The number of rotatable bonds is 3. The molecule has 3 aromatic rings. The number of aryl methyl sites for hydroxylation is 1. The smallest absolute Gasteiger partial charge is 0.228 e. The molecule has 4 unspecified atom stereocenters. The van der Waals surface area contributed by atoms with Gasteiger partial charge < -0.3 is 10.2 Å². The lowest BCUT2D eigenvalue weighted by atomic mass is 9.64. The van der Waals surface area contributed by atoms with Gasteiger partial charge in [0.1, 0.15) is 5.15 Å². The number of carbonyl (C=O) groups excluding carboxylic acids is 1. The van der Waals surface area contributed by atoms with Crippen LogP contribution in [-0.4, -0.2) is 41.5 Å². The molecule has 1 N–H and O–H groups in total. The zero-order valence-corrected chi connectivity index (χ0v) is 23.6. The summed E-state index contributed by atoms with van der Waals surface area (Å²) in [4.78, 5) is 21.8. The zero-order valence-electron chi connectivity index (χ0n) is 22.9. The number of amides is 1. The van der Waals surface area contributed by atoms with Crippen LogP contribution in [0.15, 0.2) is 54.6 Å². The number of pyridine rings is 1. The number of hydrogen-bond acceptors (Lipinski definition) is 3. The summed E-state index contributed by atoms with van der Waals surface area (Å²) in [6.07, 6.45) is 11.7. The molecule has 204 valence electrons. The second-order valence-electron chi connectivity index (χ2n) is 12.6. The highest BCUT2D eigenvalue weighted by Gasteiger charge is 2.52. The van der Waals surface area contributed by atoms with Crippen molar-refractivity contribution in [3.05, 3.63) is 76.6 Å². The molecular weight excluding hydrogens is 502 g/mol. The van der Waals surface area contributed by atoms with Gasteiger partial charge in [0.2, 0.25) is 5.91 Å². The van der Waals surface area contributed by atoms with Crippen LogP contribution in [0.1, 0.15) is 80.5 Å². The number of carbonyl (C=O) groups is 1. The molecule has 1 saturated carbocycles. The number of nitrogens with zero attached hydrogens (tertiary/aromatic N) is 2. The summed E-state index contributed by atoms with van der Waals surface area (Å²) in [5.74, 6) is 1.48. The summed E-state index contributed by atoms with van der Waals surface area (Å²) >= 11 is 6.30. The van der Waals surface area contributed by atoms with Gasteiger partial charge in [-0.1, -0.05) is 79.4 Å². The first-order chi connectivity index (χ1) is 19.1. The van der Waals surface area contributed by atoms with E-state index in [2.05, 4.69) is 58.7 Å². The normalized spacial score (nSPS) is 29.6. The number of fused-ring (bicyclic) bond motifs is 3. The van der Waals surface area contributed by atoms with Crippen LogP contribution in [0.5, 0.6) is 0 Å². The molecule has 2 saturated heterocycles. The molecule has 3 heterocycles. The molecule has 0 radical (unpaired) electrons. The highest BCUT2D eigenvalue weighted by Crippen LogP contribution is 2.48. The van der Waals surface area contributed by atoms with Crippen LogP contribution in [-0.2, 0) is 16.6 Å². The van der Waals surface area contributed by atoms with Gasteiger partial charge in [0.25, 0.3) is 0 Å². The minimum atomic E-state index is -0.161.